The summed E-state index contributed by atoms with van der Waals surface area (Å²) in [6.45, 7) is 6.39. The molecule has 0 bridgehead atoms. The molecule has 66 heavy (non-hydrogen) atoms. The minimum atomic E-state index is -3.04. The highest BCUT2D eigenvalue weighted by molar-refractivity contribution is 8.20. The van der Waals surface area contributed by atoms with E-state index in [4.69, 9.17) is 42.1 Å². The van der Waals surface area contributed by atoms with Gasteiger partial charge in [0.05, 0.1) is 16.9 Å². The van der Waals surface area contributed by atoms with E-state index in [9.17, 15) is 28.0 Å². The Kier molecular flexibility index (Phi) is 15.7. The lowest BCUT2D eigenvalue weighted by molar-refractivity contribution is -0.132. The highest BCUT2D eigenvalue weighted by Gasteiger charge is 2.39. The summed E-state index contributed by atoms with van der Waals surface area (Å²) < 4.78 is 50.6. The standard InChI is InChI=1S/C25H27ClN2O4S2.C23H23ClF2N2O4/c26-21-5-1-18(2-6-21)17-31-24(30)28-11-9-27(10-12-28)8-7-25(33-13-14-34-25)20-4-3-19-15-23(29)32-22(19)16-20;24-19-5-1-16(2-6-19)15-31-22(30)28-11-9-27(10-12-28)8-7-23(25,26)18-4-3-17-13-21(29)32-20(17)14-18/h1-6,16H,7-15,17H2;1-6,14H,7-13,15H2. The van der Waals surface area contributed by atoms with Gasteiger partial charge in [0, 0.05) is 110 Å². The second kappa shape index (κ2) is 21.6. The van der Waals surface area contributed by atoms with Gasteiger partial charge in [0.2, 0.25) is 0 Å². The van der Waals surface area contributed by atoms with Gasteiger partial charge in [-0.15, -0.1) is 23.5 Å². The first-order chi connectivity index (χ1) is 31.8. The van der Waals surface area contributed by atoms with Gasteiger partial charge in [-0.2, -0.15) is 0 Å². The summed E-state index contributed by atoms with van der Waals surface area (Å²) in [5, 5.41) is 1.28. The van der Waals surface area contributed by atoms with Crippen molar-refractivity contribution in [2.45, 2.75) is 48.9 Å². The van der Waals surface area contributed by atoms with Crippen molar-refractivity contribution in [1.29, 1.82) is 0 Å². The zero-order valence-corrected chi connectivity index (χ0v) is 39.3. The van der Waals surface area contributed by atoms with Crippen LogP contribution in [0, 0.1) is 0 Å². The van der Waals surface area contributed by atoms with Crippen LogP contribution in [-0.4, -0.2) is 121 Å². The van der Waals surface area contributed by atoms with E-state index >= 15 is 0 Å². The van der Waals surface area contributed by atoms with Crippen LogP contribution in [0.25, 0.3) is 0 Å². The Bertz CT molecular complexity index is 2380. The molecular formula is C48H50Cl2F2N4O8S2. The van der Waals surface area contributed by atoms with Gasteiger partial charge in [-0.05, 0) is 59.5 Å². The van der Waals surface area contributed by atoms with Crippen LogP contribution < -0.4 is 9.47 Å². The molecule has 0 aromatic heterocycles. The lowest BCUT2D eigenvalue weighted by Crippen LogP contribution is -2.49. The first kappa shape index (κ1) is 47.9. The SMILES string of the molecule is O=C1Cc2ccc(C(F)(F)CCN3CCN(C(=O)OCc4ccc(Cl)cc4)CC3)cc2O1.O=C1Cc2ccc(C3(CCN4CCN(C(=O)OCc5ccc(Cl)cc5)CC4)SCCS3)cc2O1. The van der Waals surface area contributed by atoms with E-state index in [1.807, 2.05) is 46.6 Å². The van der Waals surface area contributed by atoms with E-state index < -0.39 is 18.0 Å². The number of rotatable bonds is 12. The number of nitrogens with zero attached hydrogens (tertiary/aromatic N) is 4. The molecule has 4 aromatic carbocycles. The van der Waals surface area contributed by atoms with Crippen LogP contribution in [0.4, 0.5) is 18.4 Å². The van der Waals surface area contributed by atoms with Crippen molar-refractivity contribution < 1.29 is 46.9 Å². The maximum absolute atomic E-state index is 14.7. The van der Waals surface area contributed by atoms with Crippen molar-refractivity contribution in [3.8, 4) is 11.5 Å². The number of alkyl halides is 2. The van der Waals surface area contributed by atoms with Crippen LogP contribution in [0.5, 0.6) is 11.5 Å². The Morgan fingerprint density at radius 2 is 1.11 bits per heavy atom. The second-order valence-corrected chi connectivity index (χ2v) is 20.5. The highest BCUT2D eigenvalue weighted by atomic mass is 35.5. The van der Waals surface area contributed by atoms with Gasteiger partial charge in [0.15, 0.2) is 0 Å². The molecule has 0 saturated carbocycles. The normalized spacial score (nSPS) is 18.2. The summed E-state index contributed by atoms with van der Waals surface area (Å²) in [5.74, 6) is -0.455. The number of ether oxygens (including phenoxy) is 4. The molecule has 5 aliphatic rings. The van der Waals surface area contributed by atoms with Crippen molar-refractivity contribution in [1.82, 2.24) is 19.6 Å². The Labute approximate surface area is 401 Å². The largest absolute Gasteiger partial charge is 0.445 e. The molecule has 5 aliphatic heterocycles. The molecule has 350 valence electrons. The summed E-state index contributed by atoms with van der Waals surface area (Å²) in [4.78, 5) is 55.5. The molecule has 0 N–H and O–H groups in total. The molecule has 3 fully saturated rings. The van der Waals surface area contributed by atoms with Crippen LogP contribution in [-0.2, 0) is 55.1 Å². The van der Waals surface area contributed by atoms with Gasteiger partial charge in [-0.1, -0.05) is 71.7 Å². The van der Waals surface area contributed by atoms with E-state index in [-0.39, 0.29) is 60.1 Å². The third-order valence-electron chi connectivity index (χ3n) is 12.2. The van der Waals surface area contributed by atoms with Crippen molar-refractivity contribution in [3.63, 3.8) is 0 Å². The number of fused-ring (bicyclic) bond motifs is 2. The first-order valence-corrected chi connectivity index (χ1v) is 24.6. The Morgan fingerprint density at radius 3 is 1.62 bits per heavy atom. The molecule has 4 aromatic rings. The van der Waals surface area contributed by atoms with Crippen LogP contribution in [0.15, 0.2) is 84.9 Å². The van der Waals surface area contributed by atoms with Gasteiger partial charge in [0.1, 0.15) is 24.7 Å². The number of thioether (sulfide) groups is 2. The molecule has 0 aliphatic carbocycles. The monoisotopic (exact) mass is 982 g/mol. The van der Waals surface area contributed by atoms with Gasteiger partial charge in [0.25, 0.3) is 5.92 Å². The fraction of sp³-hybridized carbons (Fsp3) is 0.417. The number of halogens is 4. The zero-order valence-electron chi connectivity index (χ0n) is 36.2. The van der Waals surface area contributed by atoms with Crippen molar-refractivity contribution in [2.24, 2.45) is 0 Å². The molecule has 9 rings (SSSR count). The fourth-order valence-electron chi connectivity index (χ4n) is 8.28. The smallest absolute Gasteiger partial charge is 0.410 e. The minimum Gasteiger partial charge on any atom is -0.445 e. The summed E-state index contributed by atoms with van der Waals surface area (Å²) in [6.07, 6.45) is 0.456. The Morgan fingerprint density at radius 1 is 0.636 bits per heavy atom. The number of carbonyl (C=O) groups excluding carboxylic acids is 4. The van der Waals surface area contributed by atoms with E-state index in [2.05, 4.69) is 17.0 Å². The molecule has 18 heteroatoms. The average molecular weight is 984 g/mol. The second-order valence-electron chi connectivity index (χ2n) is 16.6. The predicted octanol–water partition coefficient (Wildman–Crippen LogP) is 9.02. The average Bonchev–Trinajstić information content (AvgIpc) is 4.07. The predicted molar refractivity (Wildman–Crippen MR) is 251 cm³/mol. The van der Waals surface area contributed by atoms with E-state index in [0.29, 0.717) is 61.3 Å². The van der Waals surface area contributed by atoms with E-state index in [1.54, 1.807) is 46.2 Å². The maximum Gasteiger partial charge on any atom is 0.410 e. The Balaban J connectivity index is 0.000000180. The molecule has 0 spiro atoms. The first-order valence-electron chi connectivity index (χ1n) is 21.9. The zero-order chi connectivity index (χ0) is 46.3. The summed E-state index contributed by atoms with van der Waals surface area (Å²) in [7, 11) is 0. The number of hydrogen-bond donors (Lipinski definition) is 0. The lowest BCUT2D eigenvalue weighted by atomic mass is 10.0. The van der Waals surface area contributed by atoms with Crippen molar-refractivity contribution in [2.75, 3.05) is 77.0 Å². The van der Waals surface area contributed by atoms with Gasteiger partial charge >= 0.3 is 24.1 Å². The highest BCUT2D eigenvalue weighted by Crippen LogP contribution is 2.55. The third kappa shape index (κ3) is 12.3. The molecular weight excluding hydrogens is 934 g/mol. The van der Waals surface area contributed by atoms with E-state index in [1.165, 1.54) is 23.8 Å². The van der Waals surface area contributed by atoms with Crippen LogP contribution in [0.2, 0.25) is 10.0 Å². The topological polar surface area (TPSA) is 118 Å². The van der Waals surface area contributed by atoms with Crippen LogP contribution in [0.1, 0.15) is 46.2 Å². The molecule has 0 unspecified atom stereocenters. The summed E-state index contributed by atoms with van der Waals surface area (Å²) in [5.41, 5.74) is 4.46. The number of hydrogen-bond acceptors (Lipinski definition) is 12. The van der Waals surface area contributed by atoms with Crippen LogP contribution >= 0.6 is 46.7 Å². The third-order valence-corrected chi connectivity index (χ3v) is 16.3. The minimum absolute atomic E-state index is 0.0152. The van der Waals surface area contributed by atoms with Crippen molar-refractivity contribution >= 4 is 70.9 Å². The molecule has 0 radical (unpaired) electrons. The maximum atomic E-state index is 14.7. The van der Waals surface area contributed by atoms with Gasteiger partial charge in [-0.25, -0.2) is 18.4 Å². The Hall–Kier alpha value is -4.58. The fourth-order valence-corrected chi connectivity index (χ4v) is 11.8. The number of benzene rings is 4. The van der Waals surface area contributed by atoms with E-state index in [0.717, 1.165) is 60.0 Å². The lowest BCUT2D eigenvalue weighted by Gasteiger charge is -2.36. The molecule has 12 nitrogen and oxygen atoms in total. The molecule has 2 amide bonds. The van der Waals surface area contributed by atoms with Gasteiger partial charge < -0.3 is 28.7 Å². The van der Waals surface area contributed by atoms with Gasteiger partial charge in [-0.3, -0.25) is 19.4 Å². The number of piperazine rings is 2. The van der Waals surface area contributed by atoms with Crippen LogP contribution in [0.3, 0.4) is 0 Å². The summed E-state index contributed by atoms with van der Waals surface area (Å²) in [6, 6.07) is 24.8. The van der Waals surface area contributed by atoms with Crippen molar-refractivity contribution in [3.05, 3.63) is 128 Å². The molecule has 3 saturated heterocycles. The number of amides is 2. The number of carbonyl (C=O) groups is 4. The molecule has 5 heterocycles. The molecule has 0 atom stereocenters. The summed E-state index contributed by atoms with van der Waals surface area (Å²) >= 11 is 15.7. The quantitative estimate of drug-likeness (QED) is 0.0997. The number of esters is 2.